The lowest BCUT2D eigenvalue weighted by atomic mass is 10.0. The maximum atomic E-state index is 14.1. The molecule has 1 aliphatic heterocycles. The Morgan fingerprint density at radius 2 is 1.76 bits per heavy atom. The van der Waals surface area contributed by atoms with E-state index in [1.807, 2.05) is 32.9 Å². The molecule has 1 atom stereocenters. The maximum Gasteiger partial charge on any atom is 0.573 e. The number of aromatic nitrogens is 3. The van der Waals surface area contributed by atoms with Gasteiger partial charge in [-0.3, -0.25) is 15.1 Å². The molecule has 4 aromatic rings. The van der Waals surface area contributed by atoms with Crippen molar-refractivity contribution in [1.29, 1.82) is 0 Å². The Balaban J connectivity index is 1.20. The Hall–Kier alpha value is -4.76. The number of carbonyl (C=O) groups excluding carboxylic acids is 2. The molecular formula is C30H27F4N7O3S. The number of alkyl halides is 3. The number of carbonyl (C=O) groups is 2. The summed E-state index contributed by atoms with van der Waals surface area (Å²) in [6, 6.07) is 15.6. The van der Waals surface area contributed by atoms with Crippen LogP contribution in [0.15, 0.2) is 78.0 Å². The fourth-order valence-electron chi connectivity index (χ4n) is 4.49. The molecule has 5 rings (SSSR count). The van der Waals surface area contributed by atoms with Crippen molar-refractivity contribution in [3.05, 3.63) is 90.0 Å². The molecule has 1 saturated heterocycles. The molecule has 0 spiro atoms. The van der Waals surface area contributed by atoms with E-state index in [2.05, 4.69) is 30.7 Å². The summed E-state index contributed by atoms with van der Waals surface area (Å²) in [5.41, 5.74) is 8.54. The Kier molecular flexibility index (Phi) is 9.20. The normalized spacial score (nSPS) is 15.2. The Morgan fingerprint density at radius 1 is 1.04 bits per heavy atom. The molecule has 1 fully saturated rings. The molecule has 234 valence electrons. The lowest BCUT2D eigenvalue weighted by Gasteiger charge is -2.21. The molecule has 0 saturated carbocycles. The molecule has 10 nitrogen and oxygen atoms in total. The fraction of sp³-hybridized carbons (Fsp3) is 0.233. The third-order valence-electron chi connectivity index (χ3n) is 6.71. The number of amidine groups is 1. The van der Waals surface area contributed by atoms with Crippen LogP contribution < -0.4 is 20.5 Å². The van der Waals surface area contributed by atoms with Crippen LogP contribution in [0.25, 0.3) is 17.1 Å². The largest absolute Gasteiger partial charge is 0.573 e. The van der Waals surface area contributed by atoms with Crippen molar-refractivity contribution in [2.24, 2.45) is 4.99 Å². The summed E-state index contributed by atoms with van der Waals surface area (Å²) >= 11 is 1.10. The predicted molar refractivity (Wildman–Crippen MR) is 161 cm³/mol. The number of hydrogen-bond acceptors (Lipinski definition) is 7. The molecule has 2 heterocycles. The zero-order chi connectivity index (χ0) is 32.3. The van der Waals surface area contributed by atoms with Crippen LogP contribution in [-0.2, 0) is 4.79 Å². The zero-order valence-electron chi connectivity index (χ0n) is 24.2. The summed E-state index contributed by atoms with van der Waals surface area (Å²) in [7, 11) is 0. The first-order valence-corrected chi connectivity index (χ1v) is 14.6. The van der Waals surface area contributed by atoms with Gasteiger partial charge in [0.25, 0.3) is 0 Å². The van der Waals surface area contributed by atoms with Gasteiger partial charge in [0.15, 0.2) is 11.0 Å². The first-order chi connectivity index (χ1) is 21.4. The second-order valence-electron chi connectivity index (χ2n) is 10.2. The highest BCUT2D eigenvalue weighted by molar-refractivity contribution is 8.15. The Morgan fingerprint density at radius 3 is 2.42 bits per heavy atom. The molecule has 3 aromatic carbocycles. The van der Waals surface area contributed by atoms with Gasteiger partial charge in [0.2, 0.25) is 5.91 Å². The van der Waals surface area contributed by atoms with Gasteiger partial charge in [0.05, 0.1) is 17.1 Å². The number of halogens is 4. The van der Waals surface area contributed by atoms with Crippen LogP contribution in [0.5, 0.6) is 5.75 Å². The molecule has 1 aromatic heterocycles. The van der Waals surface area contributed by atoms with Crippen LogP contribution >= 0.6 is 11.8 Å². The first kappa shape index (κ1) is 31.7. The zero-order valence-corrected chi connectivity index (χ0v) is 25.0. The molecule has 0 aliphatic carbocycles. The second-order valence-corrected chi connectivity index (χ2v) is 11.2. The predicted octanol–water partition coefficient (Wildman–Crippen LogP) is 6.51. The van der Waals surface area contributed by atoms with Crippen LogP contribution in [0.3, 0.4) is 0 Å². The van der Waals surface area contributed by atoms with Crippen molar-refractivity contribution in [3.8, 4) is 22.8 Å². The highest BCUT2D eigenvalue weighted by Crippen LogP contribution is 2.34. The van der Waals surface area contributed by atoms with E-state index >= 15 is 0 Å². The number of nitrogens with one attached hydrogen (secondary N) is 2. The van der Waals surface area contributed by atoms with Gasteiger partial charge >= 0.3 is 12.4 Å². The van der Waals surface area contributed by atoms with E-state index in [0.717, 1.165) is 22.9 Å². The van der Waals surface area contributed by atoms with Crippen LogP contribution in [0.4, 0.5) is 28.0 Å². The van der Waals surface area contributed by atoms with Crippen molar-refractivity contribution in [3.63, 3.8) is 0 Å². The molecule has 1 aliphatic rings. The molecule has 15 heteroatoms. The highest BCUT2D eigenvalue weighted by Gasteiger charge is 2.33. The second kappa shape index (κ2) is 13.1. The minimum Gasteiger partial charge on any atom is -0.406 e. The summed E-state index contributed by atoms with van der Waals surface area (Å²) < 4.78 is 56.6. The third-order valence-corrected chi connectivity index (χ3v) is 7.63. The van der Waals surface area contributed by atoms with E-state index in [9.17, 15) is 27.2 Å². The van der Waals surface area contributed by atoms with Gasteiger partial charge in [-0.1, -0.05) is 55.9 Å². The maximum absolute atomic E-state index is 14.1. The summed E-state index contributed by atoms with van der Waals surface area (Å²) in [6.07, 6.45) is -3.33. The number of benzene rings is 3. The van der Waals surface area contributed by atoms with E-state index in [1.165, 1.54) is 52.3 Å². The number of anilines is 1. The summed E-state index contributed by atoms with van der Waals surface area (Å²) in [5.74, 6) is -0.653. The van der Waals surface area contributed by atoms with Crippen LogP contribution in [0.1, 0.15) is 43.9 Å². The minimum atomic E-state index is -4.78. The van der Waals surface area contributed by atoms with Crippen molar-refractivity contribution in [2.75, 3.05) is 10.7 Å². The van der Waals surface area contributed by atoms with E-state index in [0.29, 0.717) is 22.8 Å². The average molecular weight is 642 g/mol. The number of ether oxygens (including phenoxy) is 1. The van der Waals surface area contributed by atoms with Gasteiger partial charge in [-0.25, -0.2) is 24.3 Å². The summed E-state index contributed by atoms with van der Waals surface area (Å²) in [4.78, 5) is 35.0. The topological polar surface area (TPSA) is 114 Å². The lowest BCUT2D eigenvalue weighted by molar-refractivity contribution is -0.274. The molecule has 3 amide bonds. The summed E-state index contributed by atoms with van der Waals surface area (Å²) in [6.45, 7) is 5.68. The smallest absolute Gasteiger partial charge is 0.406 e. The molecule has 0 bridgehead atoms. The number of amides is 3. The monoisotopic (exact) mass is 641 g/mol. The summed E-state index contributed by atoms with van der Waals surface area (Å²) in [5, 5.41) is 4.55. The number of nitrogens with zero attached hydrogens (tertiary/aromatic N) is 5. The number of aliphatic imine (C=N–C) groups is 1. The first-order valence-electron chi connectivity index (χ1n) is 13.7. The fourth-order valence-corrected chi connectivity index (χ4v) is 5.35. The standard InChI is InChI=1S/C30H27F4N7O3S/c1-17(2)24-13-8-21(31)14-25(24)41-26(42)15-45-29(41)36-28(43)38-37-18(3)19-4-6-20(7-5-19)27-35-16-40(39-27)22-9-11-23(12-10-22)44-30(32,33)34/h4-14,16-18,37H,15H2,1-3H3,(H,38,43)/b36-29-. The Bertz CT molecular complexity index is 1720. The molecule has 0 radical (unpaired) electrons. The SMILES string of the molecule is CC(C)c1ccc(F)cc1N1C(=O)CS/C1=N\C(=O)NNC(C)c1ccc(-c2ncn(-c3ccc(OC(F)(F)F)cc3)n2)cc1. The quantitative estimate of drug-likeness (QED) is 0.167. The van der Waals surface area contributed by atoms with Crippen molar-refractivity contribution in [1.82, 2.24) is 25.6 Å². The number of thioether (sulfide) groups is 1. The highest BCUT2D eigenvalue weighted by atomic mass is 32.2. The van der Waals surface area contributed by atoms with E-state index in [-0.39, 0.29) is 34.5 Å². The third kappa shape index (κ3) is 7.67. The Labute approximate surface area is 259 Å². The molecule has 2 N–H and O–H groups in total. The van der Waals surface area contributed by atoms with E-state index in [1.54, 1.807) is 18.2 Å². The van der Waals surface area contributed by atoms with Gasteiger partial charge in [0.1, 0.15) is 17.9 Å². The van der Waals surface area contributed by atoms with Gasteiger partial charge in [-0.15, -0.1) is 18.3 Å². The van der Waals surface area contributed by atoms with Crippen LogP contribution in [0, 0.1) is 5.82 Å². The van der Waals surface area contributed by atoms with Crippen molar-refractivity contribution < 1.29 is 31.9 Å². The van der Waals surface area contributed by atoms with Gasteiger partial charge in [0, 0.05) is 11.6 Å². The number of rotatable bonds is 8. The van der Waals surface area contributed by atoms with Gasteiger partial charge in [-0.05, 0) is 60.4 Å². The van der Waals surface area contributed by atoms with Gasteiger partial charge in [-0.2, -0.15) is 4.99 Å². The minimum absolute atomic E-state index is 0.0111. The van der Waals surface area contributed by atoms with E-state index < -0.39 is 18.2 Å². The number of hydrazine groups is 1. The van der Waals surface area contributed by atoms with Crippen molar-refractivity contribution in [2.45, 2.75) is 39.1 Å². The number of urea groups is 1. The van der Waals surface area contributed by atoms with Gasteiger partial charge < -0.3 is 4.74 Å². The molecular weight excluding hydrogens is 614 g/mol. The van der Waals surface area contributed by atoms with Crippen LogP contribution in [0.2, 0.25) is 0 Å². The van der Waals surface area contributed by atoms with E-state index in [4.69, 9.17) is 0 Å². The average Bonchev–Trinajstić information content (AvgIpc) is 3.62. The van der Waals surface area contributed by atoms with Crippen LogP contribution in [-0.4, -0.2) is 44.0 Å². The number of hydrogen-bond donors (Lipinski definition) is 2. The lowest BCUT2D eigenvalue weighted by Crippen LogP contribution is -2.39. The molecule has 1 unspecified atom stereocenters. The van der Waals surface area contributed by atoms with Crippen molar-refractivity contribution >= 4 is 34.6 Å². The molecule has 45 heavy (non-hydrogen) atoms.